The molecule has 14 nitrogen and oxygen atoms in total. The molecule has 0 radical (unpaired) electrons. The number of ether oxygens (including phenoxy) is 2. The van der Waals surface area contributed by atoms with Crippen molar-refractivity contribution < 1.29 is 32.5 Å². The lowest BCUT2D eigenvalue weighted by molar-refractivity contribution is -0.385. The summed E-state index contributed by atoms with van der Waals surface area (Å²) in [6, 6.07) is 13.2. The molecule has 0 bridgehead atoms. The molecule has 0 saturated heterocycles. The van der Waals surface area contributed by atoms with E-state index in [0.717, 1.165) is 16.6 Å². The third-order valence-corrected chi connectivity index (χ3v) is 7.19. The molecular formula is C24H23N5O9S. The molecule has 3 aromatic rings. The van der Waals surface area contributed by atoms with Crippen LogP contribution in [0.5, 0.6) is 11.5 Å². The Hall–Kier alpha value is -5.05. The number of methoxy groups -OCH3 is 2. The zero-order valence-corrected chi connectivity index (χ0v) is 21.7. The molecule has 0 unspecified atom stereocenters. The van der Waals surface area contributed by atoms with Crippen LogP contribution in [0.1, 0.15) is 11.1 Å². The van der Waals surface area contributed by atoms with Crippen LogP contribution in [-0.4, -0.2) is 51.2 Å². The summed E-state index contributed by atoms with van der Waals surface area (Å²) < 4.78 is 37.9. The number of sulfonamides is 1. The molecule has 1 amide bonds. The summed E-state index contributed by atoms with van der Waals surface area (Å²) in [4.78, 5) is 33.6. The first-order valence-electron chi connectivity index (χ1n) is 11.0. The number of nitrogens with one attached hydrogen (secondary N) is 1. The molecule has 0 saturated carbocycles. The Morgan fingerprint density at radius 2 is 1.64 bits per heavy atom. The highest BCUT2D eigenvalue weighted by Gasteiger charge is 2.29. The summed E-state index contributed by atoms with van der Waals surface area (Å²) in [5.41, 5.74) is 2.10. The number of benzene rings is 3. The number of hydrazone groups is 1. The van der Waals surface area contributed by atoms with E-state index in [2.05, 4.69) is 10.5 Å². The first-order chi connectivity index (χ1) is 18.5. The number of amides is 1. The number of carbonyl (C=O) groups excluding carboxylic acids is 1. The van der Waals surface area contributed by atoms with Gasteiger partial charge in [0.2, 0.25) is 0 Å². The van der Waals surface area contributed by atoms with Crippen LogP contribution >= 0.6 is 0 Å². The van der Waals surface area contributed by atoms with Crippen molar-refractivity contribution in [2.45, 2.75) is 11.8 Å². The molecule has 3 aromatic carbocycles. The lowest BCUT2D eigenvalue weighted by Gasteiger charge is -2.24. The zero-order valence-electron chi connectivity index (χ0n) is 20.9. The normalized spacial score (nSPS) is 11.2. The first kappa shape index (κ1) is 28.5. The van der Waals surface area contributed by atoms with Crippen LogP contribution in [0, 0.1) is 27.2 Å². The van der Waals surface area contributed by atoms with Gasteiger partial charge in [-0.2, -0.15) is 5.10 Å². The monoisotopic (exact) mass is 557 g/mol. The van der Waals surface area contributed by atoms with E-state index in [4.69, 9.17) is 9.47 Å². The maximum atomic E-state index is 13.5. The van der Waals surface area contributed by atoms with Crippen molar-refractivity contribution in [1.82, 2.24) is 5.43 Å². The number of rotatable bonds is 11. The van der Waals surface area contributed by atoms with E-state index in [1.807, 2.05) is 0 Å². The zero-order chi connectivity index (χ0) is 28.7. The van der Waals surface area contributed by atoms with Crippen LogP contribution < -0.4 is 19.2 Å². The van der Waals surface area contributed by atoms with Gasteiger partial charge in [0.15, 0.2) is 5.75 Å². The Kier molecular flexibility index (Phi) is 8.77. The van der Waals surface area contributed by atoms with Crippen LogP contribution in [0.25, 0.3) is 0 Å². The van der Waals surface area contributed by atoms with Gasteiger partial charge in [-0.3, -0.25) is 29.3 Å². The van der Waals surface area contributed by atoms with Gasteiger partial charge in [-0.15, -0.1) is 0 Å². The van der Waals surface area contributed by atoms with Crippen molar-refractivity contribution >= 4 is 39.2 Å². The highest BCUT2D eigenvalue weighted by molar-refractivity contribution is 7.92. The van der Waals surface area contributed by atoms with E-state index < -0.39 is 42.9 Å². The van der Waals surface area contributed by atoms with Crippen LogP contribution in [0.3, 0.4) is 0 Å². The second-order valence-electron chi connectivity index (χ2n) is 7.90. The summed E-state index contributed by atoms with van der Waals surface area (Å²) in [6.07, 6.45) is 1.14. The molecule has 0 aromatic heterocycles. The van der Waals surface area contributed by atoms with Gasteiger partial charge in [-0.25, -0.2) is 13.8 Å². The molecule has 0 fully saturated rings. The Balaban J connectivity index is 1.90. The van der Waals surface area contributed by atoms with Crippen molar-refractivity contribution in [2.24, 2.45) is 5.10 Å². The van der Waals surface area contributed by atoms with E-state index >= 15 is 0 Å². The second kappa shape index (κ2) is 12.0. The molecule has 0 aliphatic carbocycles. The molecule has 0 spiro atoms. The van der Waals surface area contributed by atoms with Crippen molar-refractivity contribution in [3.63, 3.8) is 0 Å². The maximum absolute atomic E-state index is 13.5. The van der Waals surface area contributed by atoms with E-state index in [1.54, 1.807) is 0 Å². The van der Waals surface area contributed by atoms with Crippen LogP contribution in [0.15, 0.2) is 70.7 Å². The molecule has 15 heteroatoms. The van der Waals surface area contributed by atoms with Crippen LogP contribution in [0.4, 0.5) is 17.1 Å². The lowest BCUT2D eigenvalue weighted by Crippen LogP contribution is -2.39. The van der Waals surface area contributed by atoms with E-state index in [1.165, 1.54) is 75.7 Å². The minimum atomic E-state index is -4.46. The van der Waals surface area contributed by atoms with Gasteiger partial charge in [0.25, 0.3) is 21.6 Å². The van der Waals surface area contributed by atoms with Gasteiger partial charge < -0.3 is 9.47 Å². The molecule has 0 atom stereocenters. The third kappa shape index (κ3) is 6.64. The Bertz CT molecular complexity index is 1540. The molecule has 0 heterocycles. The van der Waals surface area contributed by atoms with Gasteiger partial charge in [0.1, 0.15) is 12.3 Å². The molecule has 0 aliphatic heterocycles. The predicted octanol–water partition coefficient (Wildman–Crippen LogP) is 3.17. The van der Waals surface area contributed by atoms with Gasteiger partial charge in [0, 0.05) is 23.3 Å². The number of carbonyl (C=O) groups is 1. The summed E-state index contributed by atoms with van der Waals surface area (Å²) in [5, 5.41) is 26.3. The number of nitro benzene ring substituents is 2. The standard InChI is InChI=1S/C24H23N5O9S/c1-16-4-10-20(13-21(16)28(31)32)39(35,36)27(18-6-8-19(37-2)9-7-18)15-24(30)26-25-14-17-5-11-23(38-3)22(12-17)29(33)34/h4-14H,15H2,1-3H3,(H,26,30)/b25-14-. The summed E-state index contributed by atoms with van der Waals surface area (Å²) in [7, 11) is -1.74. The third-order valence-electron chi connectivity index (χ3n) is 5.42. The highest BCUT2D eigenvalue weighted by atomic mass is 32.2. The van der Waals surface area contributed by atoms with Gasteiger partial charge in [-0.05, 0) is 49.4 Å². The minimum Gasteiger partial charge on any atom is -0.497 e. The Labute approximate surface area is 222 Å². The van der Waals surface area contributed by atoms with E-state index in [9.17, 15) is 33.4 Å². The molecule has 0 aliphatic rings. The fourth-order valence-electron chi connectivity index (χ4n) is 3.41. The second-order valence-corrected chi connectivity index (χ2v) is 9.76. The van der Waals surface area contributed by atoms with Gasteiger partial charge in [0.05, 0.1) is 40.9 Å². The predicted molar refractivity (Wildman–Crippen MR) is 141 cm³/mol. The average molecular weight is 558 g/mol. The number of nitrogens with zero attached hydrogens (tertiary/aromatic N) is 4. The molecular weight excluding hydrogens is 534 g/mol. The summed E-state index contributed by atoms with van der Waals surface area (Å²) >= 11 is 0. The largest absolute Gasteiger partial charge is 0.497 e. The van der Waals surface area contributed by atoms with Crippen LogP contribution in [0.2, 0.25) is 0 Å². The topological polar surface area (TPSA) is 184 Å². The smallest absolute Gasteiger partial charge is 0.311 e. The fraction of sp³-hybridized carbons (Fsp3) is 0.167. The summed E-state index contributed by atoms with van der Waals surface area (Å²) in [6.45, 7) is 0.731. The van der Waals surface area contributed by atoms with Crippen molar-refractivity contribution in [3.05, 3.63) is 92.0 Å². The minimum absolute atomic E-state index is 0.0397. The SMILES string of the molecule is COc1ccc(N(CC(=O)N/N=C\c2ccc(OC)c([N+](=O)[O-])c2)S(=O)(=O)c2ccc(C)c([N+](=O)[O-])c2)cc1. The molecule has 204 valence electrons. The average Bonchev–Trinajstić information content (AvgIpc) is 2.91. The first-order valence-corrected chi connectivity index (χ1v) is 12.5. The van der Waals surface area contributed by atoms with E-state index in [0.29, 0.717) is 5.75 Å². The van der Waals surface area contributed by atoms with E-state index in [-0.39, 0.29) is 28.3 Å². The Morgan fingerprint density at radius 3 is 2.23 bits per heavy atom. The number of hydrogen-bond acceptors (Lipinski definition) is 10. The molecule has 3 rings (SSSR count). The number of hydrogen-bond donors (Lipinski definition) is 1. The van der Waals surface area contributed by atoms with Crippen molar-refractivity contribution in [1.29, 1.82) is 0 Å². The Morgan fingerprint density at radius 1 is 0.974 bits per heavy atom. The number of nitro groups is 2. The maximum Gasteiger partial charge on any atom is 0.311 e. The fourth-order valence-corrected chi connectivity index (χ4v) is 4.85. The lowest BCUT2D eigenvalue weighted by atomic mass is 10.2. The number of aryl methyl sites for hydroxylation is 1. The van der Waals surface area contributed by atoms with Crippen molar-refractivity contribution in [3.8, 4) is 11.5 Å². The molecule has 1 N–H and O–H groups in total. The van der Waals surface area contributed by atoms with Gasteiger partial charge in [-0.1, -0.05) is 6.07 Å². The summed E-state index contributed by atoms with van der Waals surface area (Å²) in [5.74, 6) is -0.377. The van der Waals surface area contributed by atoms with Crippen LogP contribution in [-0.2, 0) is 14.8 Å². The van der Waals surface area contributed by atoms with Crippen molar-refractivity contribution in [2.75, 3.05) is 25.1 Å². The highest BCUT2D eigenvalue weighted by Crippen LogP contribution is 2.29. The number of anilines is 1. The van der Waals surface area contributed by atoms with Gasteiger partial charge >= 0.3 is 5.69 Å². The molecule has 39 heavy (non-hydrogen) atoms. The quantitative estimate of drug-likeness (QED) is 0.210.